The molecule has 6 nitrogen and oxygen atoms in total. The molecule has 0 aliphatic heterocycles. The Labute approximate surface area is 87.6 Å². The van der Waals surface area contributed by atoms with Gasteiger partial charge in [0.2, 0.25) is 5.91 Å². The topological polar surface area (TPSA) is 101 Å². The third-order valence-electron chi connectivity index (χ3n) is 2.22. The van der Waals surface area contributed by atoms with Crippen molar-refractivity contribution in [3.63, 3.8) is 0 Å². The van der Waals surface area contributed by atoms with Gasteiger partial charge in [0, 0.05) is 12.8 Å². The fourth-order valence-electron chi connectivity index (χ4n) is 1.25. The number of hydrogen-bond donors (Lipinski definition) is 2. The Hall–Kier alpha value is -1.11. The van der Waals surface area contributed by atoms with Gasteiger partial charge >= 0.3 is 5.97 Å². The Morgan fingerprint density at radius 3 is 2.40 bits per heavy atom. The van der Waals surface area contributed by atoms with Crippen LogP contribution in [0, 0.1) is 11.8 Å². The standard InChI is InChI=1S/C8H13NO5S/c1-15(13,14)3-2-9-7(10)5-4-6(5)8(11)12/h5-6H,2-4H2,1H3,(H,9,10)(H,11,12)/t5-,6+/m1/s1. The minimum Gasteiger partial charge on any atom is -0.481 e. The number of carbonyl (C=O) groups is 2. The molecule has 0 aromatic carbocycles. The predicted molar refractivity (Wildman–Crippen MR) is 52.0 cm³/mol. The lowest BCUT2D eigenvalue weighted by atomic mass is 10.3. The minimum absolute atomic E-state index is 0.0422. The second-order valence-corrected chi connectivity index (χ2v) is 5.97. The summed E-state index contributed by atoms with van der Waals surface area (Å²) in [5, 5.41) is 11.0. The molecule has 0 aromatic heterocycles. The van der Waals surface area contributed by atoms with E-state index in [1.165, 1.54) is 0 Å². The molecular formula is C8H13NO5S. The summed E-state index contributed by atoms with van der Waals surface area (Å²) < 4.78 is 21.5. The largest absolute Gasteiger partial charge is 0.481 e. The Morgan fingerprint density at radius 1 is 1.40 bits per heavy atom. The van der Waals surface area contributed by atoms with Gasteiger partial charge in [-0.25, -0.2) is 8.42 Å². The lowest BCUT2D eigenvalue weighted by molar-refractivity contribution is -0.140. The van der Waals surface area contributed by atoms with E-state index in [0.29, 0.717) is 6.42 Å². The molecule has 2 N–H and O–H groups in total. The van der Waals surface area contributed by atoms with Crippen LogP contribution < -0.4 is 5.32 Å². The third-order valence-corrected chi connectivity index (χ3v) is 3.16. The molecule has 0 heterocycles. The van der Waals surface area contributed by atoms with Crippen molar-refractivity contribution < 1.29 is 23.1 Å². The number of nitrogens with one attached hydrogen (secondary N) is 1. The number of hydrogen-bond acceptors (Lipinski definition) is 4. The molecular weight excluding hydrogens is 222 g/mol. The van der Waals surface area contributed by atoms with E-state index in [1.54, 1.807) is 0 Å². The zero-order chi connectivity index (χ0) is 11.6. The molecule has 0 radical (unpaired) electrons. The molecule has 86 valence electrons. The summed E-state index contributed by atoms with van der Waals surface area (Å²) in [5.41, 5.74) is 0. The fraction of sp³-hybridized carbons (Fsp3) is 0.750. The molecule has 1 aliphatic carbocycles. The van der Waals surface area contributed by atoms with Crippen LogP contribution in [0.4, 0.5) is 0 Å². The SMILES string of the molecule is CS(=O)(=O)CCNC(=O)[C@@H]1C[C@@H]1C(=O)O. The van der Waals surface area contributed by atoms with Crippen molar-refractivity contribution in [3.8, 4) is 0 Å². The Kier molecular flexibility index (Phi) is 3.33. The van der Waals surface area contributed by atoms with E-state index < -0.39 is 27.6 Å². The normalized spacial score (nSPS) is 24.6. The van der Waals surface area contributed by atoms with Gasteiger partial charge in [-0.05, 0) is 6.42 Å². The highest BCUT2D eigenvalue weighted by Gasteiger charge is 2.48. The van der Waals surface area contributed by atoms with Crippen LogP contribution in [0.15, 0.2) is 0 Å². The summed E-state index contributed by atoms with van der Waals surface area (Å²) in [6.07, 6.45) is 1.43. The Morgan fingerprint density at radius 2 is 2.00 bits per heavy atom. The molecule has 0 bridgehead atoms. The summed E-state index contributed by atoms with van der Waals surface area (Å²) >= 11 is 0. The van der Waals surface area contributed by atoms with Crippen LogP contribution >= 0.6 is 0 Å². The first kappa shape index (κ1) is 12.0. The summed E-state index contributed by atoms with van der Waals surface area (Å²) in [4.78, 5) is 21.7. The average molecular weight is 235 g/mol. The van der Waals surface area contributed by atoms with Gasteiger partial charge < -0.3 is 10.4 Å². The highest BCUT2D eigenvalue weighted by molar-refractivity contribution is 7.90. The zero-order valence-corrected chi connectivity index (χ0v) is 9.08. The number of amides is 1. The van der Waals surface area contributed by atoms with Crippen LogP contribution in [-0.2, 0) is 19.4 Å². The maximum Gasteiger partial charge on any atom is 0.307 e. The number of carboxylic acids is 1. The molecule has 1 fully saturated rings. The molecule has 0 spiro atoms. The molecule has 1 saturated carbocycles. The van der Waals surface area contributed by atoms with Crippen molar-refractivity contribution in [1.29, 1.82) is 0 Å². The van der Waals surface area contributed by atoms with E-state index in [9.17, 15) is 18.0 Å². The van der Waals surface area contributed by atoms with Crippen molar-refractivity contribution >= 4 is 21.7 Å². The van der Waals surface area contributed by atoms with Crippen molar-refractivity contribution in [2.24, 2.45) is 11.8 Å². The number of aliphatic carboxylic acids is 1. The van der Waals surface area contributed by atoms with Crippen LogP contribution in [0.3, 0.4) is 0 Å². The van der Waals surface area contributed by atoms with Gasteiger partial charge in [0.05, 0.1) is 17.6 Å². The minimum atomic E-state index is -3.09. The fourth-order valence-corrected chi connectivity index (χ4v) is 1.72. The maximum atomic E-state index is 11.2. The van der Waals surface area contributed by atoms with Crippen LogP contribution in [0.1, 0.15) is 6.42 Å². The quantitative estimate of drug-likeness (QED) is 0.628. The Bertz CT molecular complexity index is 374. The van der Waals surface area contributed by atoms with E-state index in [-0.39, 0.29) is 18.2 Å². The number of rotatable bonds is 5. The van der Waals surface area contributed by atoms with E-state index in [2.05, 4.69) is 5.32 Å². The van der Waals surface area contributed by atoms with Gasteiger partial charge in [-0.15, -0.1) is 0 Å². The van der Waals surface area contributed by atoms with Crippen LogP contribution in [-0.4, -0.2) is 44.0 Å². The molecule has 1 rings (SSSR count). The lowest BCUT2D eigenvalue weighted by Gasteiger charge is -2.02. The maximum absolute atomic E-state index is 11.2. The molecule has 7 heteroatoms. The van der Waals surface area contributed by atoms with Crippen molar-refractivity contribution in [3.05, 3.63) is 0 Å². The number of sulfone groups is 1. The monoisotopic (exact) mass is 235 g/mol. The molecule has 0 saturated heterocycles. The summed E-state index contributed by atoms with van der Waals surface area (Å²) in [6, 6.07) is 0. The smallest absolute Gasteiger partial charge is 0.307 e. The molecule has 0 unspecified atom stereocenters. The van der Waals surface area contributed by atoms with Crippen LogP contribution in [0.2, 0.25) is 0 Å². The van der Waals surface area contributed by atoms with Gasteiger partial charge in [0.25, 0.3) is 0 Å². The van der Waals surface area contributed by atoms with Gasteiger partial charge in [0.1, 0.15) is 9.84 Å². The lowest BCUT2D eigenvalue weighted by Crippen LogP contribution is -2.30. The van der Waals surface area contributed by atoms with Crippen LogP contribution in [0.5, 0.6) is 0 Å². The molecule has 1 aliphatic rings. The third kappa shape index (κ3) is 3.86. The predicted octanol–water partition coefficient (Wildman–Crippen LogP) is -1.13. The van der Waals surface area contributed by atoms with Gasteiger partial charge in [-0.2, -0.15) is 0 Å². The van der Waals surface area contributed by atoms with Crippen LogP contribution in [0.25, 0.3) is 0 Å². The first-order valence-electron chi connectivity index (χ1n) is 4.49. The van der Waals surface area contributed by atoms with E-state index >= 15 is 0 Å². The highest BCUT2D eigenvalue weighted by atomic mass is 32.2. The van der Waals surface area contributed by atoms with Gasteiger partial charge in [-0.3, -0.25) is 9.59 Å². The highest BCUT2D eigenvalue weighted by Crippen LogP contribution is 2.38. The van der Waals surface area contributed by atoms with Gasteiger partial charge in [0.15, 0.2) is 0 Å². The first-order chi connectivity index (χ1) is 6.81. The summed E-state index contributed by atoms with van der Waals surface area (Å²) in [7, 11) is -3.09. The second-order valence-electron chi connectivity index (χ2n) is 3.71. The van der Waals surface area contributed by atoms with E-state index in [1.807, 2.05) is 0 Å². The second kappa shape index (κ2) is 4.18. The van der Waals surface area contributed by atoms with Crippen molar-refractivity contribution in [1.82, 2.24) is 5.32 Å². The molecule has 15 heavy (non-hydrogen) atoms. The number of carboxylic acid groups (broad SMARTS) is 1. The van der Waals surface area contributed by atoms with E-state index in [4.69, 9.17) is 5.11 Å². The first-order valence-corrected chi connectivity index (χ1v) is 6.55. The Balaban J connectivity index is 2.25. The molecule has 2 atom stereocenters. The summed E-state index contributed by atoms with van der Waals surface area (Å²) in [5.74, 6) is -2.54. The average Bonchev–Trinajstić information content (AvgIpc) is 2.79. The van der Waals surface area contributed by atoms with Gasteiger partial charge in [-0.1, -0.05) is 0 Å². The number of carbonyl (C=O) groups excluding carboxylic acids is 1. The molecule has 0 aromatic rings. The summed E-state index contributed by atoms with van der Waals surface area (Å²) in [6.45, 7) is 0.0422. The zero-order valence-electron chi connectivity index (χ0n) is 8.26. The molecule has 1 amide bonds. The van der Waals surface area contributed by atoms with Crippen molar-refractivity contribution in [2.45, 2.75) is 6.42 Å². The van der Waals surface area contributed by atoms with Crippen molar-refractivity contribution in [2.75, 3.05) is 18.6 Å². The van der Waals surface area contributed by atoms with E-state index in [0.717, 1.165) is 6.26 Å².